The molecule has 4 nitrogen and oxygen atoms in total. The second-order valence-electron chi connectivity index (χ2n) is 2.51. The number of rotatable bonds is 2. The van der Waals surface area contributed by atoms with Crippen LogP contribution in [0.15, 0.2) is 24.3 Å². The van der Waals surface area contributed by atoms with E-state index in [0.29, 0.717) is 0 Å². The second-order valence-corrected chi connectivity index (χ2v) is 2.51. The SMILES string of the molecule is O=C(O)C#CCNc1ccc(O)cc1. The van der Waals surface area contributed by atoms with Gasteiger partial charge in [0, 0.05) is 11.6 Å². The summed E-state index contributed by atoms with van der Waals surface area (Å²) in [7, 11) is 0. The second kappa shape index (κ2) is 4.77. The van der Waals surface area contributed by atoms with Gasteiger partial charge in [-0.05, 0) is 24.3 Å². The number of carbonyl (C=O) groups is 1. The molecule has 0 aliphatic heterocycles. The first-order valence-corrected chi connectivity index (χ1v) is 3.93. The first-order chi connectivity index (χ1) is 6.68. The monoisotopic (exact) mass is 191 g/mol. The Morgan fingerprint density at radius 2 is 2.00 bits per heavy atom. The normalized spacial score (nSPS) is 8.57. The summed E-state index contributed by atoms with van der Waals surface area (Å²) in [6, 6.07) is 6.43. The maximum atomic E-state index is 10.0. The Balaban J connectivity index is 2.44. The standard InChI is InChI=1S/C10H9NO3/c12-9-5-3-8(4-6-9)11-7-1-2-10(13)14/h3-6,11-12H,7H2,(H,13,14). The molecule has 4 heteroatoms. The maximum Gasteiger partial charge on any atom is 0.381 e. The molecule has 1 aromatic rings. The number of phenolic OH excluding ortho intramolecular Hbond substituents is 1. The minimum atomic E-state index is -1.14. The molecule has 14 heavy (non-hydrogen) atoms. The molecule has 0 bridgehead atoms. The van der Waals surface area contributed by atoms with Crippen LogP contribution in [-0.4, -0.2) is 22.7 Å². The molecule has 0 aliphatic carbocycles. The molecule has 0 heterocycles. The Morgan fingerprint density at radius 1 is 1.36 bits per heavy atom. The number of hydrogen-bond donors (Lipinski definition) is 3. The predicted octanol–water partition coefficient (Wildman–Crippen LogP) is 0.892. The van der Waals surface area contributed by atoms with E-state index in [-0.39, 0.29) is 12.3 Å². The Hall–Kier alpha value is -2.15. The van der Waals surface area contributed by atoms with Crippen molar-refractivity contribution >= 4 is 11.7 Å². The van der Waals surface area contributed by atoms with Gasteiger partial charge in [0.15, 0.2) is 0 Å². The van der Waals surface area contributed by atoms with Crippen LogP contribution in [0.25, 0.3) is 0 Å². The summed E-state index contributed by atoms with van der Waals surface area (Å²) in [6.45, 7) is 0.261. The van der Waals surface area contributed by atoms with Crippen LogP contribution in [0.5, 0.6) is 5.75 Å². The zero-order valence-corrected chi connectivity index (χ0v) is 7.32. The van der Waals surface area contributed by atoms with E-state index >= 15 is 0 Å². The fraction of sp³-hybridized carbons (Fsp3) is 0.100. The third-order valence-corrected chi connectivity index (χ3v) is 1.44. The lowest BCUT2D eigenvalue weighted by Gasteiger charge is -2.00. The minimum Gasteiger partial charge on any atom is -0.508 e. The van der Waals surface area contributed by atoms with Crippen LogP contribution in [0, 0.1) is 11.8 Å². The van der Waals surface area contributed by atoms with Crippen molar-refractivity contribution in [1.82, 2.24) is 0 Å². The van der Waals surface area contributed by atoms with Gasteiger partial charge in [-0.15, -0.1) is 0 Å². The van der Waals surface area contributed by atoms with Gasteiger partial charge in [0.05, 0.1) is 6.54 Å². The van der Waals surface area contributed by atoms with Crippen LogP contribution in [0.4, 0.5) is 5.69 Å². The van der Waals surface area contributed by atoms with Gasteiger partial charge in [-0.25, -0.2) is 4.79 Å². The number of phenols is 1. The first kappa shape index (κ1) is 9.93. The van der Waals surface area contributed by atoms with Crippen molar-refractivity contribution in [3.8, 4) is 17.6 Å². The van der Waals surface area contributed by atoms with Crippen molar-refractivity contribution < 1.29 is 15.0 Å². The third kappa shape index (κ3) is 3.50. The fourth-order valence-corrected chi connectivity index (χ4v) is 0.845. The van der Waals surface area contributed by atoms with Crippen molar-refractivity contribution in [3.05, 3.63) is 24.3 Å². The summed E-state index contributed by atoms with van der Waals surface area (Å²) < 4.78 is 0. The van der Waals surface area contributed by atoms with Gasteiger partial charge in [-0.2, -0.15) is 0 Å². The van der Waals surface area contributed by atoms with Crippen molar-refractivity contribution in [3.63, 3.8) is 0 Å². The zero-order valence-electron chi connectivity index (χ0n) is 7.32. The number of hydrogen-bond acceptors (Lipinski definition) is 3. The Labute approximate surface area is 81.2 Å². The molecule has 0 unspecified atom stereocenters. The van der Waals surface area contributed by atoms with Crippen LogP contribution in [0.2, 0.25) is 0 Å². The van der Waals surface area contributed by atoms with Crippen molar-refractivity contribution in [2.45, 2.75) is 0 Å². The molecule has 0 saturated heterocycles. The zero-order chi connectivity index (χ0) is 10.4. The summed E-state index contributed by atoms with van der Waals surface area (Å²) in [6.07, 6.45) is 0. The molecule has 0 radical (unpaired) electrons. The van der Waals surface area contributed by atoms with Gasteiger partial charge in [-0.3, -0.25) is 0 Å². The van der Waals surface area contributed by atoms with Gasteiger partial charge < -0.3 is 15.5 Å². The van der Waals surface area contributed by atoms with Crippen LogP contribution in [-0.2, 0) is 4.79 Å². The van der Waals surface area contributed by atoms with Crippen molar-refractivity contribution in [2.75, 3.05) is 11.9 Å². The number of carboxylic acids is 1. The Kier molecular flexibility index (Phi) is 3.39. The maximum absolute atomic E-state index is 10.0. The lowest BCUT2D eigenvalue weighted by atomic mass is 10.3. The summed E-state index contributed by atoms with van der Waals surface area (Å²) in [5.74, 6) is 3.45. The molecular formula is C10H9NO3. The van der Waals surface area contributed by atoms with Gasteiger partial charge in [-0.1, -0.05) is 5.92 Å². The molecule has 0 atom stereocenters. The molecular weight excluding hydrogens is 182 g/mol. The first-order valence-electron chi connectivity index (χ1n) is 3.93. The van der Waals surface area contributed by atoms with E-state index in [9.17, 15) is 4.79 Å². The molecule has 0 amide bonds. The third-order valence-electron chi connectivity index (χ3n) is 1.44. The lowest BCUT2D eigenvalue weighted by Crippen LogP contribution is -1.99. The number of nitrogens with one attached hydrogen (secondary N) is 1. The van der Waals surface area contributed by atoms with E-state index in [0.717, 1.165) is 5.69 Å². The van der Waals surface area contributed by atoms with E-state index in [2.05, 4.69) is 11.2 Å². The summed E-state index contributed by atoms with van der Waals surface area (Å²) in [5.41, 5.74) is 0.780. The quantitative estimate of drug-likeness (QED) is 0.479. The largest absolute Gasteiger partial charge is 0.508 e. The molecule has 3 N–H and O–H groups in total. The molecule has 0 spiro atoms. The molecule has 1 rings (SSSR count). The molecule has 0 aromatic heterocycles. The highest BCUT2D eigenvalue weighted by atomic mass is 16.4. The molecule has 0 fully saturated rings. The Bertz CT molecular complexity index is 373. The molecule has 0 aliphatic rings. The highest BCUT2D eigenvalue weighted by Gasteiger charge is 1.89. The average molecular weight is 191 g/mol. The number of anilines is 1. The van der Waals surface area contributed by atoms with Crippen molar-refractivity contribution in [2.24, 2.45) is 0 Å². The number of carboxylic acid groups (broad SMARTS) is 1. The highest BCUT2D eigenvalue weighted by Crippen LogP contribution is 2.12. The van der Waals surface area contributed by atoms with E-state index in [1.807, 2.05) is 5.92 Å². The predicted molar refractivity (Wildman–Crippen MR) is 52.0 cm³/mol. The smallest absolute Gasteiger partial charge is 0.381 e. The summed E-state index contributed by atoms with van der Waals surface area (Å²) in [5, 5.41) is 20.1. The lowest BCUT2D eigenvalue weighted by molar-refractivity contribution is -0.130. The fourth-order valence-electron chi connectivity index (χ4n) is 0.845. The highest BCUT2D eigenvalue weighted by molar-refractivity contribution is 5.86. The van der Waals surface area contributed by atoms with E-state index in [1.54, 1.807) is 12.1 Å². The molecule has 0 saturated carbocycles. The van der Waals surface area contributed by atoms with Gasteiger partial charge in [0.25, 0.3) is 0 Å². The van der Waals surface area contributed by atoms with Gasteiger partial charge in [0.1, 0.15) is 5.75 Å². The van der Waals surface area contributed by atoms with E-state index < -0.39 is 5.97 Å². The molecule has 1 aromatic carbocycles. The number of benzene rings is 1. The van der Waals surface area contributed by atoms with Crippen LogP contribution in [0.1, 0.15) is 0 Å². The van der Waals surface area contributed by atoms with Gasteiger partial charge >= 0.3 is 5.97 Å². The topological polar surface area (TPSA) is 69.6 Å². The number of aliphatic carboxylic acids is 1. The number of aromatic hydroxyl groups is 1. The van der Waals surface area contributed by atoms with Crippen LogP contribution < -0.4 is 5.32 Å². The average Bonchev–Trinajstić information content (AvgIpc) is 2.15. The van der Waals surface area contributed by atoms with E-state index in [1.165, 1.54) is 12.1 Å². The van der Waals surface area contributed by atoms with Gasteiger partial charge in [0.2, 0.25) is 0 Å². The minimum absolute atomic E-state index is 0.187. The van der Waals surface area contributed by atoms with E-state index in [4.69, 9.17) is 10.2 Å². The summed E-state index contributed by atoms with van der Waals surface area (Å²) in [4.78, 5) is 10.0. The van der Waals surface area contributed by atoms with Crippen molar-refractivity contribution in [1.29, 1.82) is 0 Å². The van der Waals surface area contributed by atoms with Crippen LogP contribution >= 0.6 is 0 Å². The molecule has 72 valence electrons. The van der Waals surface area contributed by atoms with Crippen LogP contribution in [0.3, 0.4) is 0 Å². The Morgan fingerprint density at radius 3 is 2.57 bits per heavy atom. The summed E-state index contributed by atoms with van der Waals surface area (Å²) >= 11 is 0.